The zero-order valence-corrected chi connectivity index (χ0v) is 16.1. The number of rotatable bonds is 6. The van der Waals surface area contributed by atoms with Crippen molar-refractivity contribution in [3.05, 3.63) is 24.3 Å². The van der Waals surface area contributed by atoms with Crippen LogP contribution in [0.4, 0.5) is 8.78 Å². The summed E-state index contributed by atoms with van der Waals surface area (Å²) in [6, 6.07) is 0.554. The maximum absolute atomic E-state index is 14.8. The van der Waals surface area contributed by atoms with Crippen LogP contribution in [0.15, 0.2) is 18.5 Å². The smallest absolute Gasteiger partial charge is 0.272 e. The van der Waals surface area contributed by atoms with Crippen molar-refractivity contribution < 1.29 is 21.9 Å². The fourth-order valence-electron chi connectivity index (χ4n) is 3.53. The summed E-state index contributed by atoms with van der Waals surface area (Å²) < 4.78 is 62.3. The van der Waals surface area contributed by atoms with E-state index in [1.165, 1.54) is 17.7 Å². The molecule has 4 heterocycles. The van der Waals surface area contributed by atoms with E-state index in [9.17, 15) is 17.2 Å². The van der Waals surface area contributed by atoms with Gasteiger partial charge in [0.05, 0.1) is 30.7 Å². The molecule has 0 bridgehead atoms. The Labute approximate surface area is 160 Å². The molecule has 1 saturated heterocycles. The molecule has 3 aromatic heterocycles. The molecule has 152 valence electrons. The molecule has 11 heteroatoms. The summed E-state index contributed by atoms with van der Waals surface area (Å²) in [5, 5.41) is 0.687. The Hall–Kier alpha value is -2.11. The largest absolute Gasteiger partial charge is 0.379 e. The van der Waals surface area contributed by atoms with E-state index in [1.54, 1.807) is 12.3 Å². The molecule has 8 nitrogen and oxygen atoms in total. The van der Waals surface area contributed by atoms with Crippen molar-refractivity contribution in [2.45, 2.75) is 31.7 Å². The summed E-state index contributed by atoms with van der Waals surface area (Å²) >= 11 is 0. The number of hydrogen-bond donors (Lipinski definition) is 2. The average Bonchev–Trinajstić information content (AvgIpc) is 3.25. The first-order valence-corrected chi connectivity index (χ1v) is 10.7. The molecule has 0 saturated carbocycles. The summed E-state index contributed by atoms with van der Waals surface area (Å²) in [6.07, 6.45) is 3.03. The average molecular weight is 413 g/mol. The van der Waals surface area contributed by atoms with E-state index in [4.69, 9.17) is 4.74 Å². The Balaban J connectivity index is 1.82. The van der Waals surface area contributed by atoms with Crippen molar-refractivity contribution in [2.75, 3.05) is 25.5 Å². The molecular formula is C17H21F2N5O3S. The minimum atomic E-state index is -3.38. The summed E-state index contributed by atoms with van der Waals surface area (Å²) in [7, 11) is -3.38. The van der Waals surface area contributed by atoms with E-state index in [0.29, 0.717) is 27.9 Å². The Bertz CT molecular complexity index is 1110. The number of sulfonamides is 1. The van der Waals surface area contributed by atoms with Gasteiger partial charge in [-0.2, -0.15) is 0 Å². The van der Waals surface area contributed by atoms with Gasteiger partial charge in [-0.3, -0.25) is 0 Å². The lowest BCUT2D eigenvalue weighted by atomic mass is 10.0. The predicted octanol–water partition coefficient (Wildman–Crippen LogP) is 1.99. The highest BCUT2D eigenvalue weighted by atomic mass is 32.2. The van der Waals surface area contributed by atoms with Crippen LogP contribution in [-0.2, 0) is 21.2 Å². The van der Waals surface area contributed by atoms with Gasteiger partial charge in [0.15, 0.2) is 0 Å². The number of fused-ring (bicyclic) bond motifs is 3. The highest BCUT2D eigenvalue weighted by molar-refractivity contribution is 7.89. The second kappa shape index (κ2) is 7.05. The topological polar surface area (TPSA) is 102 Å². The number of nitrogens with zero attached hydrogens (tertiary/aromatic N) is 3. The number of H-pyrrole nitrogens is 1. The maximum atomic E-state index is 14.8. The van der Waals surface area contributed by atoms with Gasteiger partial charge in [0, 0.05) is 31.0 Å². The molecule has 0 aromatic carbocycles. The van der Waals surface area contributed by atoms with Gasteiger partial charge >= 0.3 is 0 Å². The van der Waals surface area contributed by atoms with Crippen LogP contribution in [0.2, 0.25) is 0 Å². The molecule has 1 atom stereocenters. The molecule has 1 aliphatic heterocycles. The van der Waals surface area contributed by atoms with Gasteiger partial charge < -0.3 is 14.3 Å². The lowest BCUT2D eigenvalue weighted by Gasteiger charge is -2.33. The van der Waals surface area contributed by atoms with Crippen molar-refractivity contribution in [3.63, 3.8) is 0 Å². The molecule has 1 aliphatic rings. The van der Waals surface area contributed by atoms with Gasteiger partial charge in [0.25, 0.3) is 5.92 Å². The van der Waals surface area contributed by atoms with Crippen molar-refractivity contribution in [3.8, 4) is 0 Å². The second-order valence-electron chi connectivity index (χ2n) is 6.78. The molecule has 1 unspecified atom stereocenters. The molecule has 0 aliphatic carbocycles. The van der Waals surface area contributed by atoms with Crippen molar-refractivity contribution in [1.29, 1.82) is 0 Å². The standard InChI is InChI=1S/C17H21F2N5O3S/c1-2-28(25,26)22-7-4-14-23-12-9-21-16-11(3-6-20-16)15(12)24(14)13-10-27-8-5-17(13,18)19/h3,6,9,13,22H,2,4-5,7-8,10H2,1H3,(H,20,21). The van der Waals surface area contributed by atoms with Gasteiger partial charge in [-0.25, -0.2) is 31.9 Å². The van der Waals surface area contributed by atoms with Gasteiger partial charge in [-0.15, -0.1) is 0 Å². The van der Waals surface area contributed by atoms with E-state index >= 15 is 0 Å². The van der Waals surface area contributed by atoms with Crippen LogP contribution in [0.5, 0.6) is 0 Å². The summed E-state index contributed by atoms with van der Waals surface area (Å²) in [5.74, 6) is -2.64. The molecule has 0 amide bonds. The molecule has 28 heavy (non-hydrogen) atoms. The van der Waals surface area contributed by atoms with Gasteiger partial charge in [-0.05, 0) is 13.0 Å². The lowest BCUT2D eigenvalue weighted by molar-refractivity contribution is -0.132. The third kappa shape index (κ3) is 3.38. The highest BCUT2D eigenvalue weighted by Crippen LogP contribution is 2.39. The predicted molar refractivity (Wildman–Crippen MR) is 100.0 cm³/mol. The number of hydrogen-bond acceptors (Lipinski definition) is 5. The third-order valence-corrected chi connectivity index (χ3v) is 6.42. The first-order valence-electron chi connectivity index (χ1n) is 9.08. The van der Waals surface area contributed by atoms with E-state index < -0.39 is 22.0 Å². The number of imidazole rings is 1. The fraction of sp³-hybridized carbons (Fsp3) is 0.529. The summed E-state index contributed by atoms with van der Waals surface area (Å²) in [5.41, 5.74) is 1.61. The van der Waals surface area contributed by atoms with Crippen LogP contribution < -0.4 is 4.72 Å². The first kappa shape index (κ1) is 19.2. The van der Waals surface area contributed by atoms with Crippen molar-refractivity contribution >= 4 is 32.1 Å². The molecule has 4 rings (SSSR count). The monoisotopic (exact) mass is 413 g/mol. The molecule has 1 fully saturated rings. The molecular weight excluding hydrogens is 392 g/mol. The summed E-state index contributed by atoms with van der Waals surface area (Å²) in [4.78, 5) is 11.7. The van der Waals surface area contributed by atoms with E-state index in [0.717, 1.165) is 0 Å². The van der Waals surface area contributed by atoms with Crippen molar-refractivity contribution in [1.82, 2.24) is 24.2 Å². The zero-order valence-electron chi connectivity index (χ0n) is 15.3. The van der Waals surface area contributed by atoms with Crippen LogP contribution >= 0.6 is 0 Å². The lowest BCUT2D eigenvalue weighted by Crippen LogP contribution is -2.40. The quantitative estimate of drug-likeness (QED) is 0.644. The third-order valence-electron chi connectivity index (χ3n) is 5.01. The Morgan fingerprint density at radius 1 is 1.46 bits per heavy atom. The van der Waals surface area contributed by atoms with Crippen molar-refractivity contribution in [2.24, 2.45) is 0 Å². The minimum absolute atomic E-state index is 0.00286. The maximum Gasteiger partial charge on any atom is 0.272 e. The number of ether oxygens (including phenoxy) is 1. The van der Waals surface area contributed by atoms with Crippen LogP contribution in [0.25, 0.3) is 22.1 Å². The first-order chi connectivity index (χ1) is 13.3. The Kier molecular flexibility index (Phi) is 4.84. The minimum Gasteiger partial charge on any atom is -0.379 e. The summed E-state index contributed by atoms with van der Waals surface area (Å²) in [6.45, 7) is 1.47. The number of alkyl halides is 2. The Morgan fingerprint density at radius 2 is 2.29 bits per heavy atom. The molecule has 0 radical (unpaired) electrons. The molecule has 3 aromatic rings. The number of pyridine rings is 1. The van der Waals surface area contributed by atoms with Gasteiger partial charge in [-0.1, -0.05) is 0 Å². The van der Waals surface area contributed by atoms with E-state index in [1.807, 2.05) is 0 Å². The van der Waals surface area contributed by atoms with Crippen LogP contribution in [0, 0.1) is 0 Å². The van der Waals surface area contributed by atoms with Gasteiger partial charge in [0.2, 0.25) is 10.0 Å². The van der Waals surface area contributed by atoms with Gasteiger partial charge in [0.1, 0.15) is 23.0 Å². The fourth-order valence-corrected chi connectivity index (χ4v) is 4.15. The van der Waals surface area contributed by atoms with Crippen LogP contribution in [0.1, 0.15) is 25.2 Å². The second-order valence-corrected chi connectivity index (χ2v) is 8.88. The number of halogens is 2. The number of aromatic amines is 1. The number of aromatic nitrogens is 4. The number of nitrogens with one attached hydrogen (secondary N) is 2. The molecule has 2 N–H and O–H groups in total. The highest BCUT2D eigenvalue weighted by Gasteiger charge is 2.45. The normalized spacial score (nSPS) is 20.2. The Morgan fingerprint density at radius 3 is 3.04 bits per heavy atom. The zero-order chi connectivity index (χ0) is 19.9. The SMILES string of the molecule is CCS(=O)(=O)NCCc1nc2cnc3[nH]ccc3c2n1C1COCCC1(F)F. The van der Waals surface area contributed by atoms with E-state index in [-0.39, 0.29) is 38.4 Å². The van der Waals surface area contributed by atoms with E-state index in [2.05, 4.69) is 19.7 Å². The van der Waals surface area contributed by atoms with Crippen LogP contribution in [0.3, 0.4) is 0 Å². The molecule has 0 spiro atoms. The van der Waals surface area contributed by atoms with Crippen LogP contribution in [-0.4, -0.2) is 59.4 Å².